The smallest absolute Gasteiger partial charge is 0.286 e. The molecule has 6 nitrogen and oxygen atoms in total. The maximum Gasteiger partial charge on any atom is 0.286 e. The van der Waals surface area contributed by atoms with Crippen LogP contribution >= 0.6 is 11.8 Å². The number of hydrogen-bond donors (Lipinski definition) is 1. The monoisotopic (exact) mass is 480 g/mol. The number of carbonyl (C=O) groups is 2. The Labute approximate surface area is 222 Å². The zero-order chi connectivity index (χ0) is 23.3. The number of benzene rings is 2. The van der Waals surface area contributed by atoms with Crippen molar-refractivity contribution in [3.8, 4) is 17.2 Å². The van der Waals surface area contributed by atoms with Crippen LogP contribution in [0.25, 0.3) is 0 Å². The fourth-order valence-electron chi connectivity index (χ4n) is 4.10. The summed E-state index contributed by atoms with van der Waals surface area (Å²) >= 11 is 1.05. The van der Waals surface area contributed by atoms with Crippen molar-refractivity contribution in [1.82, 2.24) is 5.32 Å². The molecule has 1 radical (unpaired) electrons. The Hall–Kier alpha value is -1.67. The molecule has 2 amide bonds. The third-order valence-corrected chi connectivity index (χ3v) is 6.90. The van der Waals surface area contributed by atoms with Crippen LogP contribution in [0.4, 0.5) is 4.79 Å². The van der Waals surface area contributed by atoms with Crippen LogP contribution in [0.15, 0.2) is 24.3 Å². The van der Waals surface area contributed by atoms with Crippen molar-refractivity contribution in [2.75, 3.05) is 20.8 Å². The maximum absolute atomic E-state index is 11.7. The minimum absolute atomic E-state index is 0. The van der Waals surface area contributed by atoms with Crippen molar-refractivity contribution >= 4 is 52.5 Å². The van der Waals surface area contributed by atoms with Crippen molar-refractivity contribution in [3.63, 3.8) is 0 Å². The zero-order valence-corrected chi connectivity index (χ0v) is 23.2. The van der Waals surface area contributed by atoms with E-state index in [1.165, 1.54) is 5.56 Å². The molecule has 33 heavy (non-hydrogen) atoms. The number of imide groups is 1. The Morgan fingerprint density at radius 2 is 1.55 bits per heavy atom. The van der Waals surface area contributed by atoms with E-state index in [0.717, 1.165) is 70.5 Å². The number of methoxy groups -OCH3 is 2. The first-order valence-electron chi connectivity index (χ1n) is 10.8. The van der Waals surface area contributed by atoms with Crippen molar-refractivity contribution < 1.29 is 23.8 Å². The van der Waals surface area contributed by atoms with Gasteiger partial charge in [-0.15, -0.1) is 0 Å². The quantitative estimate of drug-likeness (QED) is 0.398. The summed E-state index contributed by atoms with van der Waals surface area (Å²) in [5.74, 6) is 2.48. The van der Waals surface area contributed by atoms with Crippen molar-refractivity contribution in [1.29, 1.82) is 0 Å². The third kappa shape index (κ3) is 6.69. The third-order valence-electron chi connectivity index (χ3n) is 5.92. The number of amides is 2. The van der Waals surface area contributed by atoms with Crippen molar-refractivity contribution in [2.24, 2.45) is 0 Å². The first kappa shape index (κ1) is 27.6. The molecule has 0 saturated carbocycles. The average molecular weight is 481 g/mol. The van der Waals surface area contributed by atoms with Crippen LogP contribution in [-0.4, -0.2) is 66.8 Å². The Bertz CT molecular complexity index is 994. The fourth-order valence-corrected chi connectivity index (χ4v) is 4.96. The van der Waals surface area contributed by atoms with Crippen LogP contribution in [0.5, 0.6) is 17.2 Å². The Morgan fingerprint density at radius 3 is 2.12 bits per heavy atom. The largest absolute Gasteiger partial charge is 0.496 e. The van der Waals surface area contributed by atoms with Crippen LogP contribution in [0.3, 0.4) is 0 Å². The molecule has 0 bridgehead atoms. The average Bonchev–Trinajstić information content (AvgIpc) is 3.09. The van der Waals surface area contributed by atoms with Crippen LogP contribution < -0.4 is 19.5 Å². The second-order valence-corrected chi connectivity index (χ2v) is 9.13. The van der Waals surface area contributed by atoms with Crippen LogP contribution in [-0.2, 0) is 17.6 Å². The summed E-state index contributed by atoms with van der Waals surface area (Å²) in [5, 5.41) is 1.70. The second kappa shape index (κ2) is 12.7. The Balaban J connectivity index is 0.00000385. The van der Waals surface area contributed by atoms with Gasteiger partial charge in [0.05, 0.1) is 26.1 Å². The van der Waals surface area contributed by atoms with Gasteiger partial charge in [-0.2, -0.15) is 0 Å². The van der Waals surface area contributed by atoms with Gasteiger partial charge in [-0.25, -0.2) is 0 Å². The van der Waals surface area contributed by atoms with Crippen LogP contribution in [0.1, 0.15) is 40.7 Å². The van der Waals surface area contributed by atoms with Gasteiger partial charge in [0.1, 0.15) is 17.2 Å². The molecule has 1 N–H and O–H groups in total. The summed E-state index contributed by atoms with van der Waals surface area (Å²) in [4.78, 5) is 23.0. The molecular formula is C25H31NNaO5S. The van der Waals surface area contributed by atoms with E-state index in [0.29, 0.717) is 13.0 Å². The van der Waals surface area contributed by atoms with Gasteiger partial charge in [-0.1, -0.05) is 23.9 Å². The summed E-state index contributed by atoms with van der Waals surface area (Å²) in [6.07, 6.45) is 3.32. The summed E-state index contributed by atoms with van der Waals surface area (Å²) in [6, 6.07) is 7.72. The molecule has 1 aliphatic rings. The molecule has 0 spiro atoms. The van der Waals surface area contributed by atoms with Gasteiger partial charge in [-0.3, -0.25) is 14.9 Å². The molecule has 2 aromatic rings. The SMILES string of the molecule is COc1c(C)c(C)c(OC)c(CCCCOc2ccc(CC3SC(=O)NC3=O)cc2)c1C.[Na]. The van der Waals surface area contributed by atoms with Crippen LogP contribution in [0.2, 0.25) is 0 Å². The summed E-state index contributed by atoms with van der Waals surface area (Å²) in [6.45, 7) is 6.85. The molecule has 1 fully saturated rings. The van der Waals surface area contributed by atoms with E-state index < -0.39 is 0 Å². The van der Waals surface area contributed by atoms with E-state index in [9.17, 15) is 9.59 Å². The Kier molecular flexibility index (Phi) is 10.6. The molecule has 1 heterocycles. The van der Waals surface area contributed by atoms with Crippen molar-refractivity contribution in [2.45, 2.75) is 51.7 Å². The fraction of sp³-hybridized carbons (Fsp3) is 0.440. The van der Waals surface area contributed by atoms with Gasteiger partial charge in [0.15, 0.2) is 0 Å². The molecule has 8 heteroatoms. The van der Waals surface area contributed by atoms with E-state index in [1.807, 2.05) is 24.3 Å². The number of ether oxygens (including phenoxy) is 3. The van der Waals surface area contributed by atoms with Gasteiger partial charge in [0.2, 0.25) is 5.91 Å². The first-order valence-corrected chi connectivity index (χ1v) is 11.7. The maximum atomic E-state index is 11.7. The number of rotatable bonds is 10. The number of unbranched alkanes of at least 4 members (excludes halogenated alkanes) is 1. The number of carbonyl (C=O) groups excluding carboxylic acids is 2. The first-order chi connectivity index (χ1) is 15.3. The predicted molar refractivity (Wildman–Crippen MR) is 133 cm³/mol. The number of nitrogens with one attached hydrogen (secondary N) is 1. The van der Waals surface area contributed by atoms with Gasteiger partial charge >= 0.3 is 0 Å². The standard InChI is InChI=1S/C25H31NO5S.Na/c1-15-16(2)23(30-5)20(17(3)22(15)29-4)8-6-7-13-31-19-11-9-18(10-12-19)14-21-24(27)26-25(28)32-21;/h9-12,21H,6-8,13-14H2,1-5H3,(H,26,27,28);. The van der Waals surface area contributed by atoms with E-state index in [-0.39, 0.29) is 46.0 Å². The summed E-state index contributed by atoms with van der Waals surface area (Å²) in [7, 11) is 3.44. The molecule has 0 aromatic heterocycles. The number of hydrogen-bond acceptors (Lipinski definition) is 6. The minimum atomic E-state index is -0.348. The van der Waals surface area contributed by atoms with E-state index in [4.69, 9.17) is 14.2 Å². The molecule has 1 saturated heterocycles. The van der Waals surface area contributed by atoms with Crippen LogP contribution in [0, 0.1) is 20.8 Å². The molecule has 3 rings (SSSR count). The molecule has 1 unspecified atom stereocenters. The van der Waals surface area contributed by atoms with E-state index in [1.54, 1.807) is 14.2 Å². The van der Waals surface area contributed by atoms with Gasteiger partial charge in [0, 0.05) is 35.1 Å². The normalized spacial score (nSPS) is 15.1. The van der Waals surface area contributed by atoms with Crippen molar-refractivity contribution in [3.05, 3.63) is 52.1 Å². The molecule has 173 valence electrons. The van der Waals surface area contributed by atoms with Gasteiger partial charge < -0.3 is 14.2 Å². The number of thioether (sulfide) groups is 1. The van der Waals surface area contributed by atoms with E-state index >= 15 is 0 Å². The minimum Gasteiger partial charge on any atom is -0.496 e. The zero-order valence-electron chi connectivity index (χ0n) is 20.4. The van der Waals surface area contributed by atoms with Gasteiger partial charge in [-0.05, 0) is 80.8 Å². The topological polar surface area (TPSA) is 73.9 Å². The Morgan fingerprint density at radius 1 is 0.909 bits per heavy atom. The predicted octanol–water partition coefficient (Wildman–Crippen LogP) is 4.54. The second-order valence-electron chi connectivity index (χ2n) is 7.96. The van der Waals surface area contributed by atoms with Gasteiger partial charge in [0.25, 0.3) is 5.24 Å². The summed E-state index contributed by atoms with van der Waals surface area (Å²) in [5.41, 5.74) is 5.59. The molecule has 2 aromatic carbocycles. The molecular weight excluding hydrogens is 449 g/mol. The summed E-state index contributed by atoms with van der Waals surface area (Å²) < 4.78 is 17.2. The van der Waals surface area contributed by atoms with E-state index in [2.05, 4.69) is 26.1 Å². The molecule has 0 aliphatic carbocycles. The molecule has 1 aliphatic heterocycles. The molecule has 1 atom stereocenters.